The molecule has 1 aromatic rings. The van der Waals surface area contributed by atoms with Crippen LogP contribution >= 0.6 is 11.6 Å². The molecule has 5 heteroatoms. The van der Waals surface area contributed by atoms with Gasteiger partial charge in [0.1, 0.15) is 6.10 Å². The first-order valence-corrected chi connectivity index (χ1v) is 7.85. The highest BCUT2D eigenvalue weighted by Gasteiger charge is 2.31. The van der Waals surface area contributed by atoms with Gasteiger partial charge in [-0.15, -0.1) is 0 Å². The van der Waals surface area contributed by atoms with Crippen LogP contribution in [0.3, 0.4) is 0 Å². The molecule has 1 heterocycles. The van der Waals surface area contributed by atoms with Gasteiger partial charge in [0.05, 0.1) is 11.8 Å². The van der Waals surface area contributed by atoms with Crippen molar-refractivity contribution >= 4 is 17.3 Å². The monoisotopic (exact) mass is 308 g/mol. The Hall–Kier alpha value is -1.10. The highest BCUT2D eigenvalue weighted by Crippen LogP contribution is 2.32. The van der Waals surface area contributed by atoms with Gasteiger partial charge in [0.15, 0.2) is 0 Å². The van der Waals surface area contributed by atoms with Crippen LogP contribution in [0.25, 0.3) is 0 Å². The Kier molecular flexibility index (Phi) is 4.48. The summed E-state index contributed by atoms with van der Waals surface area (Å²) in [6.45, 7) is 1.49. The third-order valence-corrected chi connectivity index (χ3v) is 4.34. The second-order valence-electron chi connectivity index (χ2n) is 6.10. The fourth-order valence-electron chi connectivity index (χ4n) is 2.71. The summed E-state index contributed by atoms with van der Waals surface area (Å²) in [5.74, 6) is 0.512. The van der Waals surface area contributed by atoms with E-state index >= 15 is 0 Å². The SMILES string of the molecule is CN(CC1CC(c2ccc(Cl)cc2)=NO1)CC(O)C1CC1. The number of nitrogens with zero attached hydrogens (tertiary/aromatic N) is 2. The highest BCUT2D eigenvalue weighted by atomic mass is 35.5. The number of aliphatic hydroxyl groups is 1. The van der Waals surface area contributed by atoms with Gasteiger partial charge in [0.25, 0.3) is 0 Å². The van der Waals surface area contributed by atoms with Crippen LogP contribution in [0.1, 0.15) is 24.8 Å². The third kappa shape index (κ3) is 3.96. The van der Waals surface area contributed by atoms with E-state index in [1.165, 1.54) is 12.8 Å². The van der Waals surface area contributed by atoms with Gasteiger partial charge in [-0.2, -0.15) is 0 Å². The molecule has 2 unspecified atom stereocenters. The zero-order valence-electron chi connectivity index (χ0n) is 12.2. The van der Waals surface area contributed by atoms with Crippen molar-refractivity contribution in [1.82, 2.24) is 4.90 Å². The molecular formula is C16H21ClN2O2. The van der Waals surface area contributed by atoms with E-state index in [9.17, 15) is 5.11 Å². The molecule has 0 radical (unpaired) electrons. The summed E-state index contributed by atoms with van der Waals surface area (Å²) in [7, 11) is 2.02. The van der Waals surface area contributed by atoms with Gasteiger partial charge in [-0.1, -0.05) is 28.9 Å². The number of aliphatic hydroxyl groups excluding tert-OH is 1. The van der Waals surface area contributed by atoms with Gasteiger partial charge < -0.3 is 9.94 Å². The van der Waals surface area contributed by atoms with Crippen molar-refractivity contribution in [1.29, 1.82) is 0 Å². The zero-order chi connectivity index (χ0) is 14.8. The first kappa shape index (κ1) is 14.8. The minimum Gasteiger partial charge on any atom is -0.392 e. The Bertz CT molecular complexity index is 514. The number of halogens is 1. The maximum atomic E-state index is 9.97. The molecule has 1 aliphatic heterocycles. The van der Waals surface area contributed by atoms with E-state index in [1.807, 2.05) is 31.3 Å². The Morgan fingerprint density at radius 1 is 1.38 bits per heavy atom. The van der Waals surface area contributed by atoms with Crippen LogP contribution in [0.15, 0.2) is 29.4 Å². The minimum atomic E-state index is -0.201. The molecule has 0 aromatic heterocycles. The predicted molar refractivity (Wildman–Crippen MR) is 83.7 cm³/mol. The summed E-state index contributed by atoms with van der Waals surface area (Å²) < 4.78 is 0. The molecule has 1 aromatic carbocycles. The molecule has 21 heavy (non-hydrogen) atoms. The Morgan fingerprint density at radius 3 is 2.76 bits per heavy atom. The summed E-state index contributed by atoms with van der Waals surface area (Å²) in [5.41, 5.74) is 2.02. The quantitative estimate of drug-likeness (QED) is 0.878. The van der Waals surface area contributed by atoms with Crippen molar-refractivity contribution in [2.45, 2.75) is 31.5 Å². The smallest absolute Gasteiger partial charge is 0.145 e. The molecule has 1 aliphatic carbocycles. The molecular weight excluding hydrogens is 288 g/mol. The highest BCUT2D eigenvalue weighted by molar-refractivity contribution is 6.30. The Balaban J connectivity index is 1.48. The summed E-state index contributed by atoms with van der Waals surface area (Å²) in [5, 5.41) is 14.9. The largest absolute Gasteiger partial charge is 0.392 e. The van der Waals surface area contributed by atoms with E-state index in [0.717, 1.165) is 29.3 Å². The normalized spacial score (nSPS) is 23.0. The van der Waals surface area contributed by atoms with E-state index in [4.69, 9.17) is 16.4 Å². The molecule has 0 bridgehead atoms. The first-order valence-electron chi connectivity index (χ1n) is 7.47. The predicted octanol–water partition coefficient (Wildman–Crippen LogP) is 2.54. The van der Waals surface area contributed by atoms with Crippen molar-refractivity contribution in [2.24, 2.45) is 11.1 Å². The fraction of sp³-hybridized carbons (Fsp3) is 0.562. The molecule has 0 saturated heterocycles. The summed E-state index contributed by atoms with van der Waals surface area (Å²) in [6, 6.07) is 7.66. The van der Waals surface area contributed by atoms with Crippen LogP contribution in [0.5, 0.6) is 0 Å². The second kappa shape index (κ2) is 6.34. The second-order valence-corrected chi connectivity index (χ2v) is 6.54. The molecule has 114 valence electrons. The minimum absolute atomic E-state index is 0.0621. The lowest BCUT2D eigenvalue weighted by Crippen LogP contribution is -2.36. The molecule has 1 saturated carbocycles. The van der Waals surface area contributed by atoms with E-state index in [2.05, 4.69) is 10.1 Å². The van der Waals surface area contributed by atoms with Gasteiger partial charge in [0, 0.05) is 24.5 Å². The number of rotatable bonds is 6. The molecule has 2 aliphatic rings. The van der Waals surface area contributed by atoms with Crippen LogP contribution in [0.2, 0.25) is 5.02 Å². The van der Waals surface area contributed by atoms with E-state index in [1.54, 1.807) is 0 Å². The van der Waals surface area contributed by atoms with Gasteiger partial charge in [-0.25, -0.2) is 0 Å². The Morgan fingerprint density at radius 2 is 2.10 bits per heavy atom. The van der Waals surface area contributed by atoms with E-state index in [0.29, 0.717) is 12.5 Å². The van der Waals surface area contributed by atoms with Crippen LogP contribution in [-0.2, 0) is 4.84 Å². The maximum Gasteiger partial charge on any atom is 0.145 e. The van der Waals surface area contributed by atoms with Gasteiger partial charge in [0.2, 0.25) is 0 Å². The van der Waals surface area contributed by atoms with Crippen LogP contribution in [-0.4, -0.2) is 48.1 Å². The van der Waals surface area contributed by atoms with Crippen LogP contribution in [0.4, 0.5) is 0 Å². The number of hydrogen-bond donors (Lipinski definition) is 1. The number of hydrogen-bond acceptors (Lipinski definition) is 4. The van der Waals surface area contributed by atoms with E-state index < -0.39 is 0 Å². The Labute approximate surface area is 130 Å². The summed E-state index contributed by atoms with van der Waals surface area (Å²) in [6.07, 6.45) is 2.99. The average molecular weight is 309 g/mol. The van der Waals surface area contributed by atoms with Gasteiger partial charge >= 0.3 is 0 Å². The molecule has 1 N–H and O–H groups in total. The third-order valence-electron chi connectivity index (χ3n) is 4.09. The summed E-state index contributed by atoms with van der Waals surface area (Å²) >= 11 is 5.89. The fourth-order valence-corrected chi connectivity index (χ4v) is 2.84. The lowest BCUT2D eigenvalue weighted by atomic mass is 10.0. The lowest BCUT2D eigenvalue weighted by molar-refractivity contribution is 0.0402. The maximum absolute atomic E-state index is 9.97. The van der Waals surface area contributed by atoms with Crippen LogP contribution < -0.4 is 0 Å². The molecule has 4 nitrogen and oxygen atoms in total. The zero-order valence-corrected chi connectivity index (χ0v) is 13.0. The lowest BCUT2D eigenvalue weighted by Gasteiger charge is -2.22. The first-order chi connectivity index (χ1) is 10.1. The van der Waals surface area contributed by atoms with E-state index in [-0.39, 0.29) is 12.2 Å². The van der Waals surface area contributed by atoms with Crippen molar-refractivity contribution in [2.75, 3.05) is 20.1 Å². The van der Waals surface area contributed by atoms with Crippen LogP contribution in [0, 0.1) is 5.92 Å². The van der Waals surface area contributed by atoms with Crippen molar-refractivity contribution in [3.8, 4) is 0 Å². The molecule has 1 fully saturated rings. The average Bonchev–Trinajstić information content (AvgIpc) is 3.21. The van der Waals surface area contributed by atoms with Gasteiger partial charge in [-0.05, 0) is 43.5 Å². The van der Waals surface area contributed by atoms with Gasteiger partial charge in [-0.3, -0.25) is 4.90 Å². The molecule has 0 spiro atoms. The topological polar surface area (TPSA) is 45.1 Å². The number of benzene rings is 1. The van der Waals surface area contributed by atoms with Crippen molar-refractivity contribution < 1.29 is 9.94 Å². The molecule has 3 rings (SSSR count). The summed E-state index contributed by atoms with van der Waals surface area (Å²) in [4.78, 5) is 7.64. The number of oxime groups is 1. The molecule has 2 atom stereocenters. The standard InChI is InChI=1S/C16H21ClN2O2/c1-19(10-16(20)12-2-3-12)9-14-8-15(18-21-14)11-4-6-13(17)7-5-11/h4-7,12,14,16,20H,2-3,8-10H2,1H3. The molecule has 0 amide bonds. The number of likely N-dealkylation sites (N-methyl/N-ethyl adjacent to an activating group) is 1. The van der Waals surface area contributed by atoms with Crippen molar-refractivity contribution in [3.05, 3.63) is 34.9 Å². The van der Waals surface area contributed by atoms with Crippen molar-refractivity contribution in [3.63, 3.8) is 0 Å².